The topological polar surface area (TPSA) is 67.4 Å². The highest BCUT2D eigenvalue weighted by atomic mass is 16.5. The number of rotatable bonds is 6. The Balaban J connectivity index is 1.91. The standard InChI is InChI=1S/C17H24N2O3/c1-12-3-5-15(6-4-12)16(19-13(2)20)9-17(21)18-10-14-7-8-22-11-14/h3-6,14,16H,7-11H2,1-2H3,(H,18,21)(H,19,20)/t14-,16+/m1/s1. The van der Waals surface area contributed by atoms with Crippen LogP contribution in [0.15, 0.2) is 24.3 Å². The van der Waals surface area contributed by atoms with Crippen molar-refractivity contribution in [2.24, 2.45) is 5.92 Å². The first-order valence-corrected chi connectivity index (χ1v) is 7.72. The summed E-state index contributed by atoms with van der Waals surface area (Å²) in [5.74, 6) is 0.219. The fourth-order valence-electron chi connectivity index (χ4n) is 2.56. The first kappa shape index (κ1) is 16.5. The second-order valence-corrected chi connectivity index (χ2v) is 5.90. The zero-order valence-corrected chi connectivity index (χ0v) is 13.2. The molecule has 0 bridgehead atoms. The molecule has 0 aliphatic carbocycles. The van der Waals surface area contributed by atoms with Gasteiger partial charge in [-0.3, -0.25) is 9.59 Å². The van der Waals surface area contributed by atoms with Crippen LogP contribution < -0.4 is 10.6 Å². The molecule has 0 unspecified atom stereocenters. The summed E-state index contributed by atoms with van der Waals surface area (Å²) in [4.78, 5) is 23.5. The zero-order valence-electron chi connectivity index (χ0n) is 13.2. The average molecular weight is 304 g/mol. The lowest BCUT2D eigenvalue weighted by atomic mass is 10.0. The molecule has 2 rings (SSSR count). The molecular weight excluding hydrogens is 280 g/mol. The Morgan fingerprint density at radius 1 is 1.32 bits per heavy atom. The molecule has 5 nitrogen and oxygen atoms in total. The van der Waals surface area contributed by atoms with Gasteiger partial charge in [-0.15, -0.1) is 0 Å². The third-order valence-corrected chi connectivity index (χ3v) is 3.86. The van der Waals surface area contributed by atoms with Crippen molar-refractivity contribution in [1.82, 2.24) is 10.6 Å². The lowest BCUT2D eigenvalue weighted by molar-refractivity contribution is -0.122. The first-order chi connectivity index (χ1) is 10.5. The number of carbonyl (C=O) groups is 2. The van der Waals surface area contributed by atoms with E-state index in [-0.39, 0.29) is 24.3 Å². The van der Waals surface area contributed by atoms with Gasteiger partial charge in [0, 0.05) is 26.0 Å². The normalized spacial score (nSPS) is 18.7. The molecule has 0 saturated carbocycles. The molecule has 1 saturated heterocycles. The van der Waals surface area contributed by atoms with E-state index in [4.69, 9.17) is 4.74 Å². The number of amides is 2. The largest absolute Gasteiger partial charge is 0.381 e. The Labute approximate surface area is 131 Å². The van der Waals surface area contributed by atoms with Crippen LogP contribution in [0.5, 0.6) is 0 Å². The van der Waals surface area contributed by atoms with E-state index in [0.717, 1.165) is 24.2 Å². The van der Waals surface area contributed by atoms with Gasteiger partial charge in [0.25, 0.3) is 0 Å². The summed E-state index contributed by atoms with van der Waals surface area (Å²) in [7, 11) is 0. The fourth-order valence-corrected chi connectivity index (χ4v) is 2.56. The summed E-state index contributed by atoms with van der Waals surface area (Å²) in [5, 5.41) is 5.79. The number of benzene rings is 1. The quantitative estimate of drug-likeness (QED) is 0.841. The zero-order chi connectivity index (χ0) is 15.9. The highest BCUT2D eigenvalue weighted by Crippen LogP contribution is 2.18. The van der Waals surface area contributed by atoms with E-state index in [2.05, 4.69) is 10.6 Å². The van der Waals surface area contributed by atoms with Gasteiger partial charge >= 0.3 is 0 Å². The molecule has 120 valence electrons. The summed E-state index contributed by atoms with van der Waals surface area (Å²) in [5.41, 5.74) is 2.09. The van der Waals surface area contributed by atoms with E-state index in [0.29, 0.717) is 19.1 Å². The summed E-state index contributed by atoms with van der Waals surface area (Å²) in [6.07, 6.45) is 1.24. The van der Waals surface area contributed by atoms with Crippen LogP contribution in [-0.2, 0) is 14.3 Å². The maximum absolute atomic E-state index is 12.1. The van der Waals surface area contributed by atoms with E-state index in [1.165, 1.54) is 6.92 Å². The van der Waals surface area contributed by atoms with Crippen molar-refractivity contribution in [2.75, 3.05) is 19.8 Å². The van der Waals surface area contributed by atoms with Gasteiger partial charge in [-0.1, -0.05) is 29.8 Å². The summed E-state index contributed by atoms with van der Waals surface area (Å²) < 4.78 is 5.30. The third-order valence-electron chi connectivity index (χ3n) is 3.86. The van der Waals surface area contributed by atoms with Crippen molar-refractivity contribution >= 4 is 11.8 Å². The number of hydrogen-bond acceptors (Lipinski definition) is 3. The highest BCUT2D eigenvalue weighted by molar-refractivity contribution is 5.79. The SMILES string of the molecule is CC(=O)N[C@@H](CC(=O)NC[C@H]1CCOC1)c1ccc(C)cc1. The van der Waals surface area contributed by atoms with Gasteiger partial charge in [-0.2, -0.15) is 0 Å². The van der Waals surface area contributed by atoms with Gasteiger partial charge in [0.2, 0.25) is 11.8 Å². The molecule has 5 heteroatoms. The minimum atomic E-state index is -0.294. The lowest BCUT2D eigenvalue weighted by Crippen LogP contribution is -2.34. The van der Waals surface area contributed by atoms with Crippen LogP contribution in [-0.4, -0.2) is 31.6 Å². The van der Waals surface area contributed by atoms with Crippen LogP contribution >= 0.6 is 0 Å². The van der Waals surface area contributed by atoms with E-state index in [9.17, 15) is 9.59 Å². The van der Waals surface area contributed by atoms with Crippen molar-refractivity contribution < 1.29 is 14.3 Å². The van der Waals surface area contributed by atoms with Gasteiger partial charge in [0.15, 0.2) is 0 Å². The Morgan fingerprint density at radius 2 is 2.05 bits per heavy atom. The van der Waals surface area contributed by atoms with Crippen LogP contribution in [0.1, 0.15) is 36.9 Å². The second kappa shape index (κ2) is 7.94. The van der Waals surface area contributed by atoms with Crippen molar-refractivity contribution in [3.8, 4) is 0 Å². The van der Waals surface area contributed by atoms with Crippen LogP contribution in [0, 0.1) is 12.8 Å². The van der Waals surface area contributed by atoms with Crippen LogP contribution in [0.4, 0.5) is 0 Å². The average Bonchev–Trinajstić information content (AvgIpc) is 2.98. The predicted molar refractivity (Wildman–Crippen MR) is 84.3 cm³/mol. The van der Waals surface area contributed by atoms with Gasteiger partial charge in [-0.05, 0) is 18.9 Å². The molecule has 0 aromatic heterocycles. The minimum Gasteiger partial charge on any atom is -0.381 e. The molecule has 0 radical (unpaired) electrons. The highest BCUT2D eigenvalue weighted by Gasteiger charge is 2.19. The molecule has 1 aromatic rings. The maximum Gasteiger partial charge on any atom is 0.222 e. The molecule has 1 aliphatic rings. The summed E-state index contributed by atoms with van der Waals surface area (Å²) >= 11 is 0. The Kier molecular flexibility index (Phi) is 5.95. The van der Waals surface area contributed by atoms with Crippen molar-refractivity contribution in [3.05, 3.63) is 35.4 Å². The number of aryl methyl sites for hydroxylation is 1. The lowest BCUT2D eigenvalue weighted by Gasteiger charge is -2.19. The monoisotopic (exact) mass is 304 g/mol. The molecule has 2 amide bonds. The van der Waals surface area contributed by atoms with Crippen molar-refractivity contribution in [3.63, 3.8) is 0 Å². The predicted octanol–water partition coefficient (Wildman–Crippen LogP) is 1.72. The van der Waals surface area contributed by atoms with Gasteiger partial charge < -0.3 is 15.4 Å². The number of nitrogens with one attached hydrogen (secondary N) is 2. The number of carbonyl (C=O) groups excluding carboxylic acids is 2. The molecule has 22 heavy (non-hydrogen) atoms. The van der Waals surface area contributed by atoms with Gasteiger partial charge in [0.05, 0.1) is 19.1 Å². The van der Waals surface area contributed by atoms with Crippen LogP contribution in [0.3, 0.4) is 0 Å². The number of ether oxygens (including phenoxy) is 1. The van der Waals surface area contributed by atoms with E-state index in [1.54, 1.807) is 0 Å². The summed E-state index contributed by atoms with van der Waals surface area (Å²) in [6, 6.07) is 7.58. The molecule has 1 fully saturated rings. The Bertz CT molecular complexity index is 507. The van der Waals surface area contributed by atoms with Crippen LogP contribution in [0.2, 0.25) is 0 Å². The van der Waals surface area contributed by atoms with Gasteiger partial charge in [0.1, 0.15) is 0 Å². The molecule has 2 atom stereocenters. The van der Waals surface area contributed by atoms with E-state index < -0.39 is 0 Å². The Morgan fingerprint density at radius 3 is 2.64 bits per heavy atom. The molecule has 2 N–H and O–H groups in total. The molecule has 1 aromatic carbocycles. The minimum absolute atomic E-state index is 0.0498. The molecule has 1 aliphatic heterocycles. The summed E-state index contributed by atoms with van der Waals surface area (Å²) in [6.45, 7) is 5.61. The number of hydrogen-bond donors (Lipinski definition) is 2. The second-order valence-electron chi connectivity index (χ2n) is 5.90. The van der Waals surface area contributed by atoms with Gasteiger partial charge in [-0.25, -0.2) is 0 Å². The van der Waals surface area contributed by atoms with E-state index >= 15 is 0 Å². The molecular formula is C17H24N2O3. The molecule has 1 heterocycles. The maximum atomic E-state index is 12.1. The first-order valence-electron chi connectivity index (χ1n) is 7.72. The van der Waals surface area contributed by atoms with Crippen LogP contribution in [0.25, 0.3) is 0 Å². The Hall–Kier alpha value is -1.88. The third kappa shape index (κ3) is 5.15. The van der Waals surface area contributed by atoms with Crippen molar-refractivity contribution in [1.29, 1.82) is 0 Å². The van der Waals surface area contributed by atoms with Crippen molar-refractivity contribution in [2.45, 2.75) is 32.7 Å². The molecule has 0 spiro atoms. The fraction of sp³-hybridized carbons (Fsp3) is 0.529. The van der Waals surface area contributed by atoms with E-state index in [1.807, 2.05) is 31.2 Å². The smallest absolute Gasteiger partial charge is 0.222 e.